The Labute approximate surface area is 126 Å². The zero-order valence-electron chi connectivity index (χ0n) is 11.1. The number of halogens is 1. The van der Waals surface area contributed by atoms with Gasteiger partial charge in [0.15, 0.2) is 16.8 Å². The predicted octanol–water partition coefficient (Wildman–Crippen LogP) is 3.58. The topological polar surface area (TPSA) is 54.9 Å². The first-order chi connectivity index (χ1) is 10.2. The Hall–Kier alpha value is -2.46. The number of ketones is 1. The standard InChI is InChI=1S/C16H12ClN3O/c17-15-16(19-8-7-18-15)20-10-14(21)13-6-5-11-3-1-2-4-12(11)9-13/h1-9H,10H2,(H,19,20). The molecule has 0 amide bonds. The molecule has 2 aromatic carbocycles. The van der Waals surface area contributed by atoms with Crippen molar-refractivity contribution in [3.63, 3.8) is 0 Å². The fraction of sp³-hybridized carbons (Fsp3) is 0.0625. The van der Waals surface area contributed by atoms with Crippen LogP contribution in [0.25, 0.3) is 10.8 Å². The van der Waals surface area contributed by atoms with Gasteiger partial charge in [-0.1, -0.05) is 48.0 Å². The van der Waals surface area contributed by atoms with Crippen molar-refractivity contribution >= 4 is 34.0 Å². The lowest BCUT2D eigenvalue weighted by molar-refractivity contribution is 0.101. The fourth-order valence-electron chi connectivity index (χ4n) is 2.07. The molecule has 1 N–H and O–H groups in total. The van der Waals surface area contributed by atoms with Crippen LogP contribution in [0, 0.1) is 0 Å². The quantitative estimate of drug-likeness (QED) is 0.748. The maximum Gasteiger partial charge on any atom is 0.181 e. The van der Waals surface area contributed by atoms with Gasteiger partial charge in [-0.3, -0.25) is 4.79 Å². The summed E-state index contributed by atoms with van der Waals surface area (Å²) in [7, 11) is 0. The van der Waals surface area contributed by atoms with Crippen LogP contribution in [0.2, 0.25) is 5.15 Å². The number of rotatable bonds is 4. The summed E-state index contributed by atoms with van der Waals surface area (Å²) in [5.74, 6) is 0.385. The molecule has 0 radical (unpaired) electrons. The maximum absolute atomic E-state index is 12.2. The van der Waals surface area contributed by atoms with Crippen molar-refractivity contribution in [1.82, 2.24) is 9.97 Å². The minimum atomic E-state index is -0.0255. The summed E-state index contributed by atoms with van der Waals surface area (Å²) in [4.78, 5) is 20.2. The predicted molar refractivity (Wildman–Crippen MR) is 83.8 cm³/mol. The van der Waals surface area contributed by atoms with Crippen molar-refractivity contribution < 1.29 is 4.79 Å². The van der Waals surface area contributed by atoms with Crippen LogP contribution in [0.3, 0.4) is 0 Å². The molecule has 0 aliphatic carbocycles. The van der Waals surface area contributed by atoms with Crippen LogP contribution in [0.1, 0.15) is 10.4 Å². The highest BCUT2D eigenvalue weighted by atomic mass is 35.5. The van der Waals surface area contributed by atoms with Gasteiger partial charge in [-0.2, -0.15) is 0 Å². The maximum atomic E-state index is 12.2. The van der Waals surface area contributed by atoms with E-state index in [1.807, 2.05) is 42.5 Å². The molecule has 0 bridgehead atoms. The van der Waals surface area contributed by atoms with Gasteiger partial charge in [-0.15, -0.1) is 0 Å². The molecule has 0 aliphatic rings. The van der Waals surface area contributed by atoms with Crippen LogP contribution in [-0.4, -0.2) is 22.3 Å². The van der Waals surface area contributed by atoms with Crippen molar-refractivity contribution in [3.8, 4) is 0 Å². The van der Waals surface area contributed by atoms with Crippen LogP contribution in [0.15, 0.2) is 54.9 Å². The molecule has 0 unspecified atom stereocenters. The molecular formula is C16H12ClN3O. The Morgan fingerprint density at radius 1 is 1.05 bits per heavy atom. The van der Waals surface area contributed by atoms with E-state index in [1.165, 1.54) is 12.4 Å². The van der Waals surface area contributed by atoms with E-state index in [2.05, 4.69) is 15.3 Å². The first kappa shape index (κ1) is 13.5. The van der Waals surface area contributed by atoms with Gasteiger partial charge in [0.25, 0.3) is 0 Å². The summed E-state index contributed by atoms with van der Waals surface area (Å²) in [6, 6.07) is 13.6. The van der Waals surface area contributed by atoms with Crippen molar-refractivity contribution in [3.05, 3.63) is 65.6 Å². The van der Waals surface area contributed by atoms with Gasteiger partial charge < -0.3 is 5.32 Å². The molecule has 0 aliphatic heterocycles. The Morgan fingerprint density at radius 3 is 2.62 bits per heavy atom. The number of aromatic nitrogens is 2. The Balaban J connectivity index is 1.76. The number of nitrogens with one attached hydrogen (secondary N) is 1. The number of nitrogens with zero attached hydrogens (tertiary/aromatic N) is 2. The second-order valence-electron chi connectivity index (χ2n) is 4.53. The Kier molecular flexibility index (Phi) is 3.79. The first-order valence-electron chi connectivity index (χ1n) is 6.46. The summed E-state index contributed by atoms with van der Waals surface area (Å²) in [5, 5.41) is 5.31. The molecule has 0 saturated heterocycles. The van der Waals surface area contributed by atoms with Crippen LogP contribution in [-0.2, 0) is 0 Å². The van der Waals surface area contributed by atoms with Gasteiger partial charge in [0.05, 0.1) is 6.54 Å². The number of hydrogen-bond donors (Lipinski definition) is 1. The number of hydrogen-bond acceptors (Lipinski definition) is 4. The van der Waals surface area contributed by atoms with Crippen LogP contribution < -0.4 is 5.32 Å². The molecule has 104 valence electrons. The van der Waals surface area contributed by atoms with Crippen molar-refractivity contribution in [2.24, 2.45) is 0 Å². The Morgan fingerprint density at radius 2 is 1.81 bits per heavy atom. The van der Waals surface area contributed by atoms with Crippen molar-refractivity contribution in [2.75, 3.05) is 11.9 Å². The third-order valence-electron chi connectivity index (χ3n) is 3.14. The smallest absolute Gasteiger partial charge is 0.181 e. The summed E-state index contributed by atoms with van der Waals surface area (Å²) >= 11 is 5.88. The van der Waals surface area contributed by atoms with Crippen LogP contribution in [0.4, 0.5) is 5.82 Å². The number of carbonyl (C=O) groups excluding carboxylic acids is 1. The lowest BCUT2D eigenvalue weighted by Crippen LogP contribution is -2.15. The van der Waals surface area contributed by atoms with Gasteiger partial charge in [-0.05, 0) is 16.8 Å². The minimum absolute atomic E-state index is 0.0255. The van der Waals surface area contributed by atoms with Gasteiger partial charge >= 0.3 is 0 Å². The fourth-order valence-corrected chi connectivity index (χ4v) is 2.24. The number of benzene rings is 2. The SMILES string of the molecule is O=C(CNc1nccnc1Cl)c1ccc2ccccc2c1. The van der Waals surface area contributed by atoms with E-state index in [1.54, 1.807) is 0 Å². The third kappa shape index (κ3) is 3.01. The van der Waals surface area contributed by atoms with E-state index in [9.17, 15) is 4.79 Å². The van der Waals surface area contributed by atoms with E-state index in [0.29, 0.717) is 11.4 Å². The molecule has 1 heterocycles. The van der Waals surface area contributed by atoms with Crippen LogP contribution in [0.5, 0.6) is 0 Å². The van der Waals surface area contributed by atoms with E-state index in [-0.39, 0.29) is 17.5 Å². The summed E-state index contributed by atoms with van der Waals surface area (Å²) in [5.41, 5.74) is 0.654. The first-order valence-corrected chi connectivity index (χ1v) is 6.84. The van der Waals surface area contributed by atoms with E-state index >= 15 is 0 Å². The second kappa shape index (κ2) is 5.89. The zero-order chi connectivity index (χ0) is 14.7. The van der Waals surface area contributed by atoms with Gasteiger partial charge in [-0.25, -0.2) is 9.97 Å². The van der Waals surface area contributed by atoms with Gasteiger partial charge in [0.1, 0.15) is 0 Å². The molecule has 0 saturated carbocycles. The zero-order valence-corrected chi connectivity index (χ0v) is 11.8. The summed E-state index contributed by atoms with van der Waals surface area (Å²) in [6.07, 6.45) is 3.02. The molecule has 0 fully saturated rings. The molecule has 0 spiro atoms. The van der Waals surface area contributed by atoms with E-state index < -0.39 is 0 Å². The number of carbonyl (C=O) groups is 1. The van der Waals surface area contributed by atoms with Gasteiger partial charge in [0, 0.05) is 18.0 Å². The van der Waals surface area contributed by atoms with Gasteiger partial charge in [0.2, 0.25) is 0 Å². The highest BCUT2D eigenvalue weighted by Crippen LogP contribution is 2.17. The van der Waals surface area contributed by atoms with E-state index in [0.717, 1.165) is 10.8 Å². The monoisotopic (exact) mass is 297 g/mol. The average Bonchev–Trinajstić information content (AvgIpc) is 2.53. The molecule has 0 atom stereocenters. The molecule has 1 aromatic heterocycles. The second-order valence-corrected chi connectivity index (χ2v) is 4.89. The highest BCUT2D eigenvalue weighted by molar-refractivity contribution is 6.31. The molecule has 3 rings (SSSR count). The lowest BCUT2D eigenvalue weighted by Gasteiger charge is -2.06. The molecule has 5 heteroatoms. The third-order valence-corrected chi connectivity index (χ3v) is 3.42. The molecule has 3 aromatic rings. The normalized spacial score (nSPS) is 10.5. The number of fused-ring (bicyclic) bond motifs is 1. The lowest BCUT2D eigenvalue weighted by atomic mass is 10.0. The number of anilines is 1. The average molecular weight is 298 g/mol. The molecular weight excluding hydrogens is 286 g/mol. The molecule has 21 heavy (non-hydrogen) atoms. The van der Waals surface area contributed by atoms with Crippen molar-refractivity contribution in [1.29, 1.82) is 0 Å². The van der Waals surface area contributed by atoms with E-state index in [4.69, 9.17) is 11.6 Å². The summed E-state index contributed by atoms with van der Waals surface area (Å²) in [6.45, 7) is 0.122. The summed E-state index contributed by atoms with van der Waals surface area (Å²) < 4.78 is 0. The molecule has 4 nitrogen and oxygen atoms in total. The Bertz CT molecular complexity index is 804. The number of Topliss-reactive ketones (excluding diaryl/α,β-unsaturated/α-hetero) is 1. The highest BCUT2D eigenvalue weighted by Gasteiger charge is 2.08. The van der Waals surface area contributed by atoms with Crippen molar-refractivity contribution in [2.45, 2.75) is 0 Å². The largest absolute Gasteiger partial charge is 0.360 e. The van der Waals surface area contributed by atoms with Crippen LogP contribution >= 0.6 is 11.6 Å². The minimum Gasteiger partial charge on any atom is -0.360 e.